The third kappa shape index (κ3) is 2.04. The van der Waals surface area contributed by atoms with Crippen LogP contribution < -0.4 is 0 Å². The summed E-state index contributed by atoms with van der Waals surface area (Å²) in [6.07, 6.45) is 7.97. The summed E-state index contributed by atoms with van der Waals surface area (Å²) in [5, 5.41) is 0. The highest BCUT2D eigenvalue weighted by Crippen LogP contribution is 2.43. The minimum Gasteiger partial charge on any atom is -0.0730 e. The summed E-state index contributed by atoms with van der Waals surface area (Å²) in [6, 6.07) is 0. The van der Waals surface area contributed by atoms with Gasteiger partial charge in [0, 0.05) is 0 Å². The Morgan fingerprint density at radius 3 is 2.60 bits per heavy atom. The van der Waals surface area contributed by atoms with Gasteiger partial charge < -0.3 is 0 Å². The van der Waals surface area contributed by atoms with Gasteiger partial charge in [0.15, 0.2) is 0 Å². The van der Waals surface area contributed by atoms with Gasteiger partial charge in [0.05, 0.1) is 0 Å². The van der Waals surface area contributed by atoms with Gasteiger partial charge in [-0.1, -0.05) is 38.0 Å². The molecule has 0 spiro atoms. The molecule has 2 rings (SSSR count). The molecular weight excluding hydrogens is 180 g/mol. The maximum Gasteiger partial charge on any atom is -0.0133 e. The minimum atomic E-state index is 0.747. The van der Waals surface area contributed by atoms with Gasteiger partial charge in [0.25, 0.3) is 0 Å². The SMILES string of the molecule is CC1=CC2=C(C(C)C)CC[C@@H](C)[C@H]2CC1. The predicted molar refractivity (Wildman–Crippen MR) is 66.7 cm³/mol. The zero-order valence-corrected chi connectivity index (χ0v) is 10.6. The van der Waals surface area contributed by atoms with E-state index in [-0.39, 0.29) is 0 Å². The minimum absolute atomic E-state index is 0.747. The molecule has 2 atom stereocenters. The second kappa shape index (κ2) is 4.15. The van der Waals surface area contributed by atoms with Crippen molar-refractivity contribution in [3.8, 4) is 0 Å². The first-order chi connectivity index (χ1) is 7.09. The third-order valence-corrected chi connectivity index (χ3v) is 4.27. The van der Waals surface area contributed by atoms with E-state index < -0.39 is 0 Å². The summed E-state index contributed by atoms with van der Waals surface area (Å²) in [5.74, 6) is 2.53. The molecule has 0 aliphatic heterocycles. The van der Waals surface area contributed by atoms with E-state index in [2.05, 4.69) is 33.8 Å². The van der Waals surface area contributed by atoms with Gasteiger partial charge >= 0.3 is 0 Å². The van der Waals surface area contributed by atoms with Crippen LogP contribution >= 0.6 is 0 Å². The van der Waals surface area contributed by atoms with E-state index in [1.54, 1.807) is 16.7 Å². The maximum atomic E-state index is 2.50. The molecule has 0 aromatic heterocycles. The van der Waals surface area contributed by atoms with Crippen LogP contribution in [0.5, 0.6) is 0 Å². The van der Waals surface area contributed by atoms with Crippen molar-refractivity contribution in [2.45, 2.75) is 53.4 Å². The van der Waals surface area contributed by atoms with Crippen LogP contribution in [0, 0.1) is 17.8 Å². The molecule has 0 radical (unpaired) electrons. The van der Waals surface area contributed by atoms with Crippen molar-refractivity contribution in [1.29, 1.82) is 0 Å². The van der Waals surface area contributed by atoms with Crippen molar-refractivity contribution >= 4 is 0 Å². The first-order valence-electron chi connectivity index (χ1n) is 6.49. The number of hydrogen-bond donors (Lipinski definition) is 0. The Bertz CT molecular complexity index is 304. The van der Waals surface area contributed by atoms with E-state index in [0.29, 0.717) is 0 Å². The highest BCUT2D eigenvalue weighted by molar-refractivity contribution is 5.36. The fourth-order valence-electron chi connectivity index (χ4n) is 3.26. The van der Waals surface area contributed by atoms with Crippen LogP contribution in [0.15, 0.2) is 22.8 Å². The molecule has 15 heavy (non-hydrogen) atoms. The Morgan fingerprint density at radius 1 is 1.20 bits per heavy atom. The largest absolute Gasteiger partial charge is 0.0730 e. The fourth-order valence-corrected chi connectivity index (χ4v) is 3.26. The molecule has 0 fully saturated rings. The molecule has 0 heterocycles. The molecule has 0 N–H and O–H groups in total. The normalized spacial score (nSPS) is 31.7. The van der Waals surface area contributed by atoms with E-state index in [9.17, 15) is 0 Å². The average Bonchev–Trinajstić information content (AvgIpc) is 2.17. The van der Waals surface area contributed by atoms with Gasteiger partial charge in [-0.25, -0.2) is 0 Å². The monoisotopic (exact) mass is 204 g/mol. The Balaban J connectivity index is 2.40. The van der Waals surface area contributed by atoms with Crippen LogP contribution in [0.2, 0.25) is 0 Å². The quantitative estimate of drug-likeness (QED) is 0.579. The van der Waals surface area contributed by atoms with Crippen molar-refractivity contribution < 1.29 is 0 Å². The molecular formula is C15H24. The number of fused-ring (bicyclic) bond motifs is 1. The van der Waals surface area contributed by atoms with E-state index in [1.165, 1.54) is 25.7 Å². The van der Waals surface area contributed by atoms with Crippen LogP contribution in [0.25, 0.3) is 0 Å². The smallest absolute Gasteiger partial charge is 0.0133 e. The van der Waals surface area contributed by atoms with Crippen LogP contribution in [0.4, 0.5) is 0 Å². The van der Waals surface area contributed by atoms with Crippen molar-refractivity contribution in [1.82, 2.24) is 0 Å². The molecule has 0 amide bonds. The van der Waals surface area contributed by atoms with Gasteiger partial charge in [0.2, 0.25) is 0 Å². The lowest BCUT2D eigenvalue weighted by molar-refractivity contribution is 0.330. The van der Waals surface area contributed by atoms with Crippen LogP contribution in [0.3, 0.4) is 0 Å². The zero-order valence-electron chi connectivity index (χ0n) is 10.6. The molecule has 0 saturated heterocycles. The van der Waals surface area contributed by atoms with Crippen LogP contribution in [0.1, 0.15) is 53.4 Å². The molecule has 0 aromatic rings. The van der Waals surface area contributed by atoms with Gasteiger partial charge in [-0.3, -0.25) is 0 Å². The number of allylic oxidation sites excluding steroid dienone is 4. The number of rotatable bonds is 1. The summed E-state index contributed by atoms with van der Waals surface area (Å²) in [6.45, 7) is 9.44. The molecule has 2 aliphatic rings. The Hall–Kier alpha value is -0.520. The first-order valence-corrected chi connectivity index (χ1v) is 6.49. The zero-order chi connectivity index (χ0) is 11.0. The third-order valence-electron chi connectivity index (χ3n) is 4.27. The molecule has 84 valence electrons. The lowest BCUT2D eigenvalue weighted by Crippen LogP contribution is -2.24. The molecule has 0 heteroatoms. The molecule has 0 saturated carbocycles. The van der Waals surface area contributed by atoms with Gasteiger partial charge in [0.1, 0.15) is 0 Å². The summed E-state index contributed by atoms with van der Waals surface area (Å²) < 4.78 is 0. The van der Waals surface area contributed by atoms with Crippen LogP contribution in [-0.4, -0.2) is 0 Å². The lowest BCUT2D eigenvalue weighted by Gasteiger charge is -2.37. The highest BCUT2D eigenvalue weighted by atomic mass is 14.3. The van der Waals surface area contributed by atoms with Gasteiger partial charge in [-0.05, 0) is 55.9 Å². The predicted octanol–water partition coefficient (Wildman–Crippen LogP) is 4.73. The molecule has 0 aromatic carbocycles. The van der Waals surface area contributed by atoms with Crippen molar-refractivity contribution in [2.75, 3.05) is 0 Å². The van der Waals surface area contributed by atoms with E-state index in [0.717, 1.165) is 17.8 Å². The van der Waals surface area contributed by atoms with E-state index in [1.807, 2.05) is 0 Å². The van der Waals surface area contributed by atoms with Crippen LogP contribution in [-0.2, 0) is 0 Å². The Morgan fingerprint density at radius 2 is 1.93 bits per heavy atom. The lowest BCUT2D eigenvalue weighted by atomic mass is 9.68. The first kappa shape index (κ1) is 11.0. The van der Waals surface area contributed by atoms with Gasteiger partial charge in [-0.2, -0.15) is 0 Å². The summed E-state index contributed by atoms with van der Waals surface area (Å²) >= 11 is 0. The summed E-state index contributed by atoms with van der Waals surface area (Å²) in [4.78, 5) is 0. The van der Waals surface area contributed by atoms with Crippen molar-refractivity contribution in [2.24, 2.45) is 17.8 Å². The Labute approximate surface area is 94.5 Å². The topological polar surface area (TPSA) is 0 Å². The average molecular weight is 204 g/mol. The number of hydrogen-bond acceptors (Lipinski definition) is 0. The van der Waals surface area contributed by atoms with Gasteiger partial charge in [-0.15, -0.1) is 0 Å². The van der Waals surface area contributed by atoms with E-state index >= 15 is 0 Å². The summed E-state index contributed by atoms with van der Waals surface area (Å²) in [5.41, 5.74) is 5.05. The van der Waals surface area contributed by atoms with Crippen molar-refractivity contribution in [3.05, 3.63) is 22.8 Å². The van der Waals surface area contributed by atoms with Crippen molar-refractivity contribution in [3.63, 3.8) is 0 Å². The maximum absolute atomic E-state index is 2.50. The molecule has 0 bridgehead atoms. The second-order valence-electron chi connectivity index (χ2n) is 5.79. The standard InChI is InChI=1S/C15H24/c1-10(2)13-8-6-12(4)14-7-5-11(3)9-15(13)14/h9-10,12,14H,5-8H2,1-4H3/t12-,14-/m1/s1. The highest BCUT2D eigenvalue weighted by Gasteiger charge is 2.30. The fraction of sp³-hybridized carbons (Fsp3) is 0.733. The molecule has 0 unspecified atom stereocenters. The Kier molecular flexibility index (Phi) is 3.04. The van der Waals surface area contributed by atoms with E-state index in [4.69, 9.17) is 0 Å². The molecule has 0 nitrogen and oxygen atoms in total. The molecule has 2 aliphatic carbocycles. The summed E-state index contributed by atoms with van der Waals surface area (Å²) in [7, 11) is 0. The second-order valence-corrected chi connectivity index (χ2v) is 5.79.